The number of nitrogens with one attached hydrogen (secondary N) is 1. The van der Waals surface area contributed by atoms with Crippen molar-refractivity contribution >= 4 is 12.9 Å². The van der Waals surface area contributed by atoms with Gasteiger partial charge in [0.05, 0.1) is 12.2 Å². The molecule has 3 atom stereocenters. The van der Waals surface area contributed by atoms with E-state index in [-0.39, 0.29) is 17.3 Å². The maximum Gasteiger partial charge on any atom is 0.469 e. The predicted octanol–water partition coefficient (Wildman–Crippen LogP) is 0.297. The van der Waals surface area contributed by atoms with E-state index in [2.05, 4.69) is 10.3 Å². The average molecular weight is 386 g/mol. The normalized spacial score (nSPS) is 14.5. The molecule has 0 radical (unpaired) electrons. The lowest BCUT2D eigenvalue weighted by Crippen LogP contribution is -2.58. The highest BCUT2D eigenvalue weighted by Gasteiger charge is 2.37. The van der Waals surface area contributed by atoms with Crippen LogP contribution in [0.3, 0.4) is 0 Å². The molecule has 0 aliphatic heterocycles. The average Bonchev–Trinajstić information content (AvgIpc) is 2.64. The summed E-state index contributed by atoms with van der Waals surface area (Å²) in [5, 5.41) is 34.8. The summed E-state index contributed by atoms with van der Waals surface area (Å²) in [6, 6.07) is 7.25. The van der Waals surface area contributed by atoms with Gasteiger partial charge >= 0.3 is 7.12 Å². The van der Waals surface area contributed by atoms with Crippen molar-refractivity contribution in [2.75, 3.05) is 0 Å². The van der Waals surface area contributed by atoms with Gasteiger partial charge in [-0.3, -0.25) is 4.79 Å². The number of hydrogen-bond acceptors (Lipinski definition) is 7. The molecule has 28 heavy (non-hydrogen) atoms. The van der Waals surface area contributed by atoms with Crippen LogP contribution in [0.4, 0.5) is 0 Å². The van der Waals surface area contributed by atoms with E-state index in [1.165, 1.54) is 6.20 Å². The smallest absolute Gasteiger partial charge is 0.469 e. The summed E-state index contributed by atoms with van der Waals surface area (Å²) in [6.07, 6.45) is 2.91. The molecule has 0 bridgehead atoms. The molecule has 1 unspecified atom stereocenters. The van der Waals surface area contributed by atoms with Crippen molar-refractivity contribution in [3.8, 4) is 11.3 Å². The highest BCUT2D eigenvalue weighted by molar-refractivity contribution is 6.43. The number of carbonyl (C=O) groups excluding carboxylic acids is 1. The molecule has 2 aromatic rings. The van der Waals surface area contributed by atoms with Crippen LogP contribution in [0.1, 0.15) is 37.7 Å². The third kappa shape index (κ3) is 5.36. The minimum Gasteiger partial charge on any atom is -0.618 e. The first-order valence-electron chi connectivity index (χ1n) is 9.28. The number of Topliss-reactive ketones (excluding diaryl/α,β-unsaturated/α-hetero) is 1. The molecule has 0 fully saturated rings. The number of nitrogens with two attached hydrogens (primary N) is 1. The largest absolute Gasteiger partial charge is 0.618 e. The third-order valence-electron chi connectivity index (χ3n) is 4.42. The fourth-order valence-corrected chi connectivity index (χ4v) is 3.07. The second-order valence-electron chi connectivity index (χ2n) is 7.33. The quantitative estimate of drug-likeness (QED) is 0.211. The second kappa shape index (κ2) is 9.74. The van der Waals surface area contributed by atoms with Crippen LogP contribution in [0, 0.1) is 11.1 Å². The van der Waals surface area contributed by atoms with Crippen molar-refractivity contribution in [3.05, 3.63) is 53.6 Å². The Labute approximate surface area is 165 Å². The Morgan fingerprint density at radius 2 is 1.93 bits per heavy atom. The van der Waals surface area contributed by atoms with Gasteiger partial charge in [-0.05, 0) is 19.3 Å². The van der Waals surface area contributed by atoms with Crippen LogP contribution in [-0.2, 0) is 0 Å². The zero-order valence-corrected chi connectivity index (χ0v) is 16.3. The zero-order valence-electron chi connectivity index (χ0n) is 16.3. The first kappa shape index (κ1) is 22.0. The number of hydrogen-bond donors (Lipinski definition) is 4. The van der Waals surface area contributed by atoms with Gasteiger partial charge in [0.2, 0.25) is 5.78 Å². The summed E-state index contributed by atoms with van der Waals surface area (Å²) in [7, 11) is -1.67. The van der Waals surface area contributed by atoms with Crippen LogP contribution >= 0.6 is 0 Å². The van der Waals surface area contributed by atoms with E-state index in [0.717, 1.165) is 6.20 Å². The molecule has 5 N–H and O–H groups in total. The van der Waals surface area contributed by atoms with Crippen molar-refractivity contribution in [2.45, 2.75) is 45.2 Å². The maximum atomic E-state index is 13.3. The lowest BCUT2D eigenvalue weighted by atomic mass is 9.74. The van der Waals surface area contributed by atoms with Crippen LogP contribution in [0.2, 0.25) is 0 Å². The molecule has 2 rings (SSSR count). The van der Waals surface area contributed by atoms with Gasteiger partial charge in [0.25, 0.3) is 5.69 Å². The number of benzene rings is 1. The number of rotatable bonds is 9. The van der Waals surface area contributed by atoms with Gasteiger partial charge in [-0.25, -0.2) is 4.98 Å². The van der Waals surface area contributed by atoms with Gasteiger partial charge in [-0.2, -0.15) is 4.73 Å². The summed E-state index contributed by atoms with van der Waals surface area (Å²) >= 11 is 0. The highest BCUT2D eigenvalue weighted by atomic mass is 16.5. The van der Waals surface area contributed by atoms with E-state index in [1.807, 2.05) is 19.9 Å². The molecule has 0 amide bonds. The number of nitrogens with zero attached hydrogens (tertiary/aromatic N) is 2. The second-order valence-corrected chi connectivity index (χ2v) is 7.33. The van der Waals surface area contributed by atoms with Crippen LogP contribution in [-0.4, -0.2) is 46.0 Å². The van der Waals surface area contributed by atoms with Crippen LogP contribution in [0.5, 0.6) is 0 Å². The van der Waals surface area contributed by atoms with Gasteiger partial charge in [0.15, 0.2) is 6.20 Å². The standard InChI is InChI=1S/C19H27BN4O4/c1-12(2)11-15(20(26)27)23-16(13(3)21)19(25)18-17(22-9-10-24(18)28)14-7-5-4-6-8-14/h4-10,12-13,15-16,23,26-27H,11,21H2,1-3H3/t13-,15-,16?/m0/s1. The van der Waals surface area contributed by atoms with Crippen molar-refractivity contribution in [1.29, 1.82) is 0 Å². The van der Waals surface area contributed by atoms with Crippen molar-refractivity contribution in [3.63, 3.8) is 0 Å². The van der Waals surface area contributed by atoms with Crippen molar-refractivity contribution in [2.24, 2.45) is 11.7 Å². The predicted molar refractivity (Wildman–Crippen MR) is 107 cm³/mol. The SMILES string of the molecule is CC(C)C[C@H](NC(C(=O)c1c(-c2ccccc2)ncc[n+]1[O-])[C@H](C)N)B(O)O. The molecule has 0 aliphatic carbocycles. The lowest BCUT2D eigenvalue weighted by Gasteiger charge is -2.27. The van der Waals surface area contributed by atoms with E-state index in [4.69, 9.17) is 5.73 Å². The summed E-state index contributed by atoms with van der Waals surface area (Å²) in [5.74, 6) is -1.16. The number of ketones is 1. The van der Waals surface area contributed by atoms with E-state index in [0.29, 0.717) is 16.7 Å². The molecule has 0 saturated carbocycles. The van der Waals surface area contributed by atoms with Gasteiger partial charge in [0.1, 0.15) is 5.69 Å². The Balaban J connectivity index is 2.44. The molecule has 0 saturated heterocycles. The molecule has 1 aromatic heterocycles. The van der Waals surface area contributed by atoms with Gasteiger partial charge in [-0.1, -0.05) is 44.2 Å². The topological polar surface area (TPSA) is 135 Å². The Morgan fingerprint density at radius 1 is 1.29 bits per heavy atom. The highest BCUT2D eigenvalue weighted by Crippen LogP contribution is 2.20. The van der Waals surface area contributed by atoms with Crippen molar-refractivity contribution < 1.29 is 19.6 Å². The minimum absolute atomic E-state index is 0.140. The number of aromatic nitrogens is 2. The molecule has 1 heterocycles. The fourth-order valence-electron chi connectivity index (χ4n) is 3.07. The molecule has 1 aromatic carbocycles. The summed E-state index contributed by atoms with van der Waals surface area (Å²) in [5.41, 5.74) is 6.75. The van der Waals surface area contributed by atoms with Crippen LogP contribution in [0.25, 0.3) is 11.3 Å². The first-order valence-corrected chi connectivity index (χ1v) is 9.28. The molecular formula is C19H27BN4O4. The third-order valence-corrected chi connectivity index (χ3v) is 4.42. The maximum absolute atomic E-state index is 13.3. The lowest BCUT2D eigenvalue weighted by molar-refractivity contribution is -0.607. The van der Waals surface area contributed by atoms with Crippen LogP contribution in [0.15, 0.2) is 42.7 Å². The van der Waals surface area contributed by atoms with Crippen molar-refractivity contribution in [1.82, 2.24) is 10.3 Å². The Kier molecular flexibility index (Phi) is 7.65. The Bertz CT molecular complexity index is 787. The molecular weight excluding hydrogens is 359 g/mol. The molecule has 9 heteroatoms. The molecule has 150 valence electrons. The van der Waals surface area contributed by atoms with Gasteiger partial charge in [-0.15, -0.1) is 0 Å². The monoisotopic (exact) mass is 386 g/mol. The number of carbonyl (C=O) groups is 1. The minimum atomic E-state index is -1.67. The van der Waals surface area contributed by atoms with Gasteiger partial charge in [0, 0.05) is 17.5 Å². The van der Waals surface area contributed by atoms with Gasteiger partial charge < -0.3 is 26.3 Å². The first-order chi connectivity index (χ1) is 13.2. The Morgan fingerprint density at radius 3 is 2.46 bits per heavy atom. The molecule has 8 nitrogen and oxygen atoms in total. The summed E-state index contributed by atoms with van der Waals surface area (Å²) < 4.78 is 0.474. The van der Waals surface area contributed by atoms with E-state index in [1.54, 1.807) is 31.2 Å². The summed E-state index contributed by atoms with van der Waals surface area (Å²) in [6.45, 7) is 5.49. The zero-order chi connectivity index (χ0) is 20.8. The Hall–Kier alpha value is -2.33. The molecule has 0 spiro atoms. The van der Waals surface area contributed by atoms with Crippen LogP contribution < -0.4 is 15.8 Å². The molecule has 0 aliphatic rings. The van der Waals surface area contributed by atoms with E-state index < -0.39 is 30.9 Å². The summed E-state index contributed by atoms with van der Waals surface area (Å²) in [4.78, 5) is 17.5. The van der Waals surface area contributed by atoms with E-state index in [9.17, 15) is 20.0 Å². The van der Waals surface area contributed by atoms with E-state index >= 15 is 0 Å². The fraction of sp³-hybridized carbons (Fsp3) is 0.421.